The molecule has 0 spiro atoms. The second kappa shape index (κ2) is 2.86. The van der Waals surface area contributed by atoms with Crippen molar-refractivity contribution in [2.45, 2.75) is 33.1 Å². The van der Waals surface area contributed by atoms with Crippen LogP contribution in [0.1, 0.15) is 33.1 Å². The first-order valence-electron chi connectivity index (χ1n) is 5.11. The van der Waals surface area contributed by atoms with Crippen molar-refractivity contribution < 1.29 is 4.79 Å². The van der Waals surface area contributed by atoms with Crippen LogP contribution in [0.5, 0.6) is 0 Å². The van der Waals surface area contributed by atoms with Crippen LogP contribution < -0.4 is 0 Å². The van der Waals surface area contributed by atoms with Gasteiger partial charge in [0.25, 0.3) is 0 Å². The van der Waals surface area contributed by atoms with Gasteiger partial charge >= 0.3 is 0 Å². The molecule has 0 radical (unpaired) electrons. The maximum absolute atomic E-state index is 11.9. The Bertz CT molecular complexity index is 259. The van der Waals surface area contributed by atoms with E-state index >= 15 is 0 Å². The number of allylic oxidation sites excluding steroid dienone is 2. The minimum atomic E-state index is -0.141. The molecule has 1 aliphatic heterocycles. The van der Waals surface area contributed by atoms with Crippen LogP contribution in [0.15, 0.2) is 11.8 Å². The van der Waals surface area contributed by atoms with Gasteiger partial charge in [-0.3, -0.25) is 4.79 Å². The van der Waals surface area contributed by atoms with Gasteiger partial charge in [0.05, 0.1) is 5.70 Å². The van der Waals surface area contributed by atoms with Gasteiger partial charge in [0, 0.05) is 18.5 Å². The minimum Gasteiger partial charge on any atom is -0.369 e. The van der Waals surface area contributed by atoms with Crippen LogP contribution in [0.2, 0.25) is 0 Å². The molecule has 72 valence electrons. The Labute approximate surface area is 79.6 Å². The molecule has 0 aromatic heterocycles. The average Bonchev–Trinajstić information content (AvgIpc) is 2.63. The summed E-state index contributed by atoms with van der Waals surface area (Å²) in [5.74, 6) is 0.342. The van der Waals surface area contributed by atoms with Gasteiger partial charge in [-0.15, -0.1) is 0 Å². The van der Waals surface area contributed by atoms with Crippen molar-refractivity contribution >= 4 is 5.78 Å². The largest absolute Gasteiger partial charge is 0.369 e. The third kappa shape index (κ3) is 1.38. The molecule has 2 rings (SSSR count). The summed E-state index contributed by atoms with van der Waals surface area (Å²) in [5, 5.41) is 0. The highest BCUT2D eigenvalue weighted by Crippen LogP contribution is 2.35. The van der Waals surface area contributed by atoms with Gasteiger partial charge < -0.3 is 4.90 Å². The third-order valence-corrected chi connectivity index (χ3v) is 3.10. The van der Waals surface area contributed by atoms with E-state index in [1.54, 1.807) is 0 Å². The molecule has 2 aliphatic rings. The Balaban J connectivity index is 2.13. The van der Waals surface area contributed by atoms with Gasteiger partial charge in [-0.1, -0.05) is 19.9 Å². The predicted molar refractivity (Wildman–Crippen MR) is 52.3 cm³/mol. The SMILES string of the molecule is CC1(C)CC=C(N2CCCC2)C1=O. The van der Waals surface area contributed by atoms with Crippen molar-refractivity contribution in [1.29, 1.82) is 0 Å². The molecule has 0 aromatic rings. The third-order valence-electron chi connectivity index (χ3n) is 3.10. The molecule has 1 saturated heterocycles. The fourth-order valence-corrected chi connectivity index (χ4v) is 2.11. The van der Waals surface area contributed by atoms with E-state index in [0.29, 0.717) is 5.78 Å². The van der Waals surface area contributed by atoms with Gasteiger partial charge in [-0.05, 0) is 19.3 Å². The number of Topliss-reactive ketones (excluding diaryl/α,β-unsaturated/α-hetero) is 1. The molecule has 0 saturated carbocycles. The molecule has 0 unspecified atom stereocenters. The Hall–Kier alpha value is -0.790. The van der Waals surface area contributed by atoms with Crippen LogP contribution in [0, 0.1) is 5.41 Å². The first-order valence-corrected chi connectivity index (χ1v) is 5.11. The fraction of sp³-hybridized carbons (Fsp3) is 0.727. The average molecular weight is 179 g/mol. The lowest BCUT2D eigenvalue weighted by molar-refractivity contribution is -0.123. The first-order chi connectivity index (χ1) is 6.11. The lowest BCUT2D eigenvalue weighted by atomic mass is 9.89. The Morgan fingerprint density at radius 3 is 2.38 bits per heavy atom. The van der Waals surface area contributed by atoms with E-state index in [9.17, 15) is 4.79 Å². The van der Waals surface area contributed by atoms with Crippen molar-refractivity contribution in [3.05, 3.63) is 11.8 Å². The molecule has 2 nitrogen and oxygen atoms in total. The van der Waals surface area contributed by atoms with Crippen LogP contribution in [0.25, 0.3) is 0 Å². The molecule has 0 bridgehead atoms. The summed E-state index contributed by atoms with van der Waals surface area (Å²) in [6, 6.07) is 0. The quantitative estimate of drug-likeness (QED) is 0.613. The molecular formula is C11H17NO. The van der Waals surface area contributed by atoms with Crippen molar-refractivity contribution in [2.24, 2.45) is 5.41 Å². The lowest BCUT2D eigenvalue weighted by Gasteiger charge is -2.21. The van der Waals surface area contributed by atoms with E-state index in [1.165, 1.54) is 12.8 Å². The monoisotopic (exact) mass is 179 g/mol. The number of nitrogens with zero attached hydrogens (tertiary/aromatic N) is 1. The van der Waals surface area contributed by atoms with Gasteiger partial charge in [0.1, 0.15) is 0 Å². The van der Waals surface area contributed by atoms with E-state index in [-0.39, 0.29) is 5.41 Å². The summed E-state index contributed by atoms with van der Waals surface area (Å²) in [6.07, 6.45) is 5.52. The van der Waals surface area contributed by atoms with Gasteiger partial charge in [0.2, 0.25) is 0 Å². The first kappa shape index (κ1) is 8.79. The maximum Gasteiger partial charge on any atom is 0.184 e. The van der Waals surface area contributed by atoms with Crippen molar-refractivity contribution in [2.75, 3.05) is 13.1 Å². The smallest absolute Gasteiger partial charge is 0.184 e. The van der Waals surface area contributed by atoms with Gasteiger partial charge in [0.15, 0.2) is 5.78 Å². The number of carbonyl (C=O) groups is 1. The van der Waals surface area contributed by atoms with Gasteiger partial charge in [-0.2, -0.15) is 0 Å². The number of hydrogen-bond donors (Lipinski definition) is 0. The zero-order valence-corrected chi connectivity index (χ0v) is 8.47. The van der Waals surface area contributed by atoms with Crippen molar-refractivity contribution in [1.82, 2.24) is 4.90 Å². The van der Waals surface area contributed by atoms with Crippen LogP contribution in [-0.2, 0) is 4.79 Å². The van der Waals surface area contributed by atoms with Crippen LogP contribution in [-0.4, -0.2) is 23.8 Å². The van der Waals surface area contributed by atoms with Gasteiger partial charge in [-0.25, -0.2) is 0 Å². The topological polar surface area (TPSA) is 20.3 Å². The number of hydrogen-bond acceptors (Lipinski definition) is 2. The lowest BCUT2D eigenvalue weighted by Crippen LogP contribution is -2.28. The molecule has 1 fully saturated rings. The molecule has 0 atom stereocenters. The molecule has 1 aliphatic carbocycles. The fourth-order valence-electron chi connectivity index (χ4n) is 2.11. The zero-order valence-electron chi connectivity index (χ0n) is 8.47. The van der Waals surface area contributed by atoms with E-state index in [4.69, 9.17) is 0 Å². The molecule has 2 heteroatoms. The normalized spacial score (nSPS) is 26.8. The minimum absolute atomic E-state index is 0.141. The Morgan fingerprint density at radius 1 is 1.31 bits per heavy atom. The zero-order chi connectivity index (χ0) is 9.47. The number of carbonyl (C=O) groups excluding carboxylic acids is 1. The molecule has 0 N–H and O–H groups in total. The van der Waals surface area contributed by atoms with E-state index in [1.807, 2.05) is 13.8 Å². The summed E-state index contributed by atoms with van der Waals surface area (Å²) >= 11 is 0. The molecule has 0 aromatic carbocycles. The van der Waals surface area contributed by atoms with E-state index < -0.39 is 0 Å². The second-order valence-corrected chi connectivity index (χ2v) is 4.70. The second-order valence-electron chi connectivity index (χ2n) is 4.70. The molecule has 0 amide bonds. The van der Waals surface area contributed by atoms with Crippen molar-refractivity contribution in [3.8, 4) is 0 Å². The van der Waals surface area contributed by atoms with E-state index in [0.717, 1.165) is 25.2 Å². The van der Waals surface area contributed by atoms with Crippen LogP contribution in [0.3, 0.4) is 0 Å². The van der Waals surface area contributed by atoms with E-state index in [2.05, 4.69) is 11.0 Å². The summed E-state index contributed by atoms with van der Waals surface area (Å²) in [6.45, 7) is 6.23. The highest BCUT2D eigenvalue weighted by Gasteiger charge is 2.37. The maximum atomic E-state index is 11.9. The van der Waals surface area contributed by atoms with Crippen LogP contribution >= 0.6 is 0 Å². The molecular weight excluding hydrogens is 162 g/mol. The summed E-state index contributed by atoms with van der Waals surface area (Å²) in [7, 11) is 0. The summed E-state index contributed by atoms with van der Waals surface area (Å²) < 4.78 is 0. The predicted octanol–water partition coefficient (Wildman–Crippen LogP) is 1.97. The molecule has 13 heavy (non-hydrogen) atoms. The molecule has 1 heterocycles. The van der Waals surface area contributed by atoms with Crippen LogP contribution in [0.4, 0.5) is 0 Å². The number of rotatable bonds is 1. The Kier molecular flexibility index (Phi) is 1.94. The van der Waals surface area contributed by atoms with Crippen molar-refractivity contribution in [3.63, 3.8) is 0 Å². The highest BCUT2D eigenvalue weighted by molar-refractivity contribution is 6.01. The number of ketones is 1. The highest BCUT2D eigenvalue weighted by atomic mass is 16.1. The summed E-state index contributed by atoms with van der Waals surface area (Å²) in [5.41, 5.74) is 0.847. The standard InChI is InChI=1S/C11H17NO/c1-11(2)6-5-9(10(11)13)12-7-3-4-8-12/h5H,3-4,6-8H2,1-2H3. The summed E-state index contributed by atoms with van der Waals surface area (Å²) in [4.78, 5) is 14.2. The number of likely N-dealkylation sites (tertiary alicyclic amines) is 1. The Morgan fingerprint density at radius 2 is 1.92 bits per heavy atom.